The lowest BCUT2D eigenvalue weighted by molar-refractivity contribution is -0.143. The number of halogens is 6. The summed E-state index contributed by atoms with van der Waals surface area (Å²) in [5, 5.41) is 9.00. The molecular weight excluding hydrogens is 418 g/mol. The van der Waals surface area contributed by atoms with E-state index in [1.54, 1.807) is 0 Å². The highest BCUT2D eigenvalue weighted by Crippen LogP contribution is 2.37. The summed E-state index contributed by atoms with van der Waals surface area (Å²) in [6.07, 6.45) is -9.61. The van der Waals surface area contributed by atoms with Crippen LogP contribution in [-0.2, 0) is 23.6 Å². The van der Waals surface area contributed by atoms with Gasteiger partial charge in [0.1, 0.15) is 5.69 Å². The van der Waals surface area contributed by atoms with Crippen LogP contribution in [0, 0.1) is 0 Å². The number of hydrogen-bond acceptors (Lipinski definition) is 3. The highest BCUT2D eigenvalue weighted by Gasteiger charge is 2.37. The fraction of sp³-hybridized carbons (Fsp3) is 0.389. The van der Waals surface area contributed by atoms with Crippen molar-refractivity contribution in [1.82, 2.24) is 15.5 Å². The second kappa shape index (κ2) is 7.65. The Morgan fingerprint density at radius 1 is 1.03 bits per heavy atom. The van der Waals surface area contributed by atoms with Gasteiger partial charge in [-0.2, -0.15) is 31.4 Å². The molecule has 1 saturated carbocycles. The van der Waals surface area contributed by atoms with Crippen molar-refractivity contribution in [3.63, 3.8) is 0 Å². The summed E-state index contributed by atoms with van der Waals surface area (Å²) in [5.41, 5.74) is 2.52. The third kappa shape index (κ3) is 4.92. The van der Waals surface area contributed by atoms with Crippen molar-refractivity contribution < 1.29 is 35.9 Å². The number of benzene rings is 1. The molecule has 2 aromatic rings. The SMILES string of the molecule is NC(=O)c1cc(C2CC(NC(=O)Cc3cc(C(F)(F)F)cc(C(F)(F)F)c3)C2)[nH]n1. The molecule has 0 aliphatic heterocycles. The van der Waals surface area contributed by atoms with Gasteiger partial charge in [0, 0.05) is 17.7 Å². The molecule has 0 spiro atoms. The quantitative estimate of drug-likeness (QED) is 0.631. The van der Waals surface area contributed by atoms with Crippen molar-refractivity contribution in [3.05, 3.63) is 52.3 Å². The van der Waals surface area contributed by atoms with Gasteiger partial charge in [0.05, 0.1) is 17.5 Å². The van der Waals surface area contributed by atoms with Crippen molar-refractivity contribution in [2.75, 3.05) is 0 Å². The van der Waals surface area contributed by atoms with E-state index < -0.39 is 41.7 Å². The van der Waals surface area contributed by atoms with E-state index in [1.165, 1.54) is 6.07 Å². The van der Waals surface area contributed by atoms with E-state index in [4.69, 9.17) is 5.73 Å². The molecule has 1 aromatic heterocycles. The van der Waals surface area contributed by atoms with Gasteiger partial charge >= 0.3 is 12.4 Å². The van der Waals surface area contributed by atoms with Crippen molar-refractivity contribution in [2.45, 2.75) is 43.6 Å². The average molecular weight is 434 g/mol. The van der Waals surface area contributed by atoms with Crippen LogP contribution in [0.2, 0.25) is 0 Å². The van der Waals surface area contributed by atoms with E-state index in [0.717, 1.165) is 0 Å². The monoisotopic (exact) mass is 434 g/mol. The largest absolute Gasteiger partial charge is 0.416 e. The van der Waals surface area contributed by atoms with Crippen molar-refractivity contribution in [3.8, 4) is 0 Å². The number of alkyl halides is 6. The number of nitrogens with two attached hydrogens (primary N) is 1. The summed E-state index contributed by atoms with van der Waals surface area (Å²) in [5.74, 6) is -1.41. The van der Waals surface area contributed by atoms with E-state index >= 15 is 0 Å². The number of aromatic amines is 1. The van der Waals surface area contributed by atoms with Crippen LogP contribution < -0.4 is 11.1 Å². The van der Waals surface area contributed by atoms with Crippen molar-refractivity contribution >= 4 is 11.8 Å². The molecule has 1 heterocycles. The smallest absolute Gasteiger partial charge is 0.364 e. The zero-order chi connectivity index (χ0) is 22.3. The highest BCUT2D eigenvalue weighted by molar-refractivity contribution is 5.90. The van der Waals surface area contributed by atoms with Crippen molar-refractivity contribution in [1.29, 1.82) is 0 Å². The maximum atomic E-state index is 12.9. The summed E-state index contributed by atoms with van der Waals surface area (Å²) in [7, 11) is 0. The van der Waals surface area contributed by atoms with Gasteiger partial charge in [0.2, 0.25) is 5.91 Å². The summed E-state index contributed by atoms with van der Waals surface area (Å²) < 4.78 is 77.4. The van der Waals surface area contributed by atoms with Gasteiger partial charge in [0.15, 0.2) is 0 Å². The molecule has 0 atom stereocenters. The topological polar surface area (TPSA) is 101 Å². The molecule has 30 heavy (non-hydrogen) atoms. The van der Waals surface area contributed by atoms with E-state index in [9.17, 15) is 35.9 Å². The molecule has 6 nitrogen and oxygen atoms in total. The minimum atomic E-state index is -4.97. The maximum Gasteiger partial charge on any atom is 0.416 e. The molecule has 4 N–H and O–H groups in total. The Kier molecular flexibility index (Phi) is 5.52. The molecule has 162 valence electrons. The Bertz CT molecular complexity index is 928. The fourth-order valence-corrected chi connectivity index (χ4v) is 3.25. The molecule has 12 heteroatoms. The molecule has 1 aromatic carbocycles. The highest BCUT2D eigenvalue weighted by atomic mass is 19.4. The van der Waals surface area contributed by atoms with E-state index in [1.807, 2.05) is 0 Å². The number of carbonyl (C=O) groups excluding carboxylic acids is 2. The Labute approximate surface area is 165 Å². The minimum absolute atomic E-state index is 0.0165. The third-order valence-corrected chi connectivity index (χ3v) is 4.81. The number of H-pyrrole nitrogens is 1. The van der Waals surface area contributed by atoms with Gasteiger partial charge in [-0.3, -0.25) is 14.7 Å². The first-order valence-corrected chi connectivity index (χ1v) is 8.75. The van der Waals surface area contributed by atoms with Crippen LogP contribution in [0.15, 0.2) is 24.3 Å². The normalized spacial score (nSPS) is 19.3. The van der Waals surface area contributed by atoms with Crippen LogP contribution in [0.25, 0.3) is 0 Å². The minimum Gasteiger partial charge on any atom is -0.364 e. The zero-order valence-corrected chi connectivity index (χ0v) is 15.2. The first-order valence-electron chi connectivity index (χ1n) is 8.75. The van der Waals surface area contributed by atoms with E-state index in [-0.39, 0.29) is 29.3 Å². The molecule has 1 aliphatic carbocycles. The predicted molar refractivity (Wildman–Crippen MR) is 91.2 cm³/mol. The number of primary amides is 1. The van der Waals surface area contributed by atoms with Gasteiger partial charge in [-0.25, -0.2) is 0 Å². The fourth-order valence-electron chi connectivity index (χ4n) is 3.25. The van der Waals surface area contributed by atoms with Crippen LogP contribution >= 0.6 is 0 Å². The van der Waals surface area contributed by atoms with Crippen LogP contribution in [0.5, 0.6) is 0 Å². The Balaban J connectivity index is 1.62. The number of amides is 2. The molecule has 1 aliphatic rings. The number of hydrogen-bond donors (Lipinski definition) is 3. The standard InChI is InChI=1S/C18H16F6N4O2/c19-17(20,21)10-1-8(2-11(6-10)18(22,23)24)3-15(29)26-12-4-9(5-12)13-7-14(16(25)30)28-27-13/h1-2,6-7,9,12H,3-5H2,(H2,25,30)(H,26,29)(H,27,28). The predicted octanol–water partition coefficient (Wildman–Crippen LogP) is 3.15. The average Bonchev–Trinajstić information content (AvgIpc) is 3.05. The summed E-state index contributed by atoms with van der Waals surface area (Å²) in [4.78, 5) is 23.2. The number of aromatic nitrogens is 2. The van der Waals surface area contributed by atoms with E-state index in [2.05, 4.69) is 15.5 Å². The van der Waals surface area contributed by atoms with Gasteiger partial charge in [-0.05, 0) is 42.7 Å². The number of carbonyl (C=O) groups is 2. The molecule has 0 unspecified atom stereocenters. The molecule has 0 saturated heterocycles. The van der Waals surface area contributed by atoms with Gasteiger partial charge in [-0.1, -0.05) is 0 Å². The first kappa shape index (κ1) is 21.7. The van der Waals surface area contributed by atoms with Crippen LogP contribution in [0.1, 0.15) is 51.6 Å². The third-order valence-electron chi connectivity index (χ3n) is 4.81. The van der Waals surface area contributed by atoms with Crippen LogP contribution in [0.4, 0.5) is 26.3 Å². The van der Waals surface area contributed by atoms with Gasteiger partial charge in [0.25, 0.3) is 5.91 Å². The Morgan fingerprint density at radius 2 is 1.60 bits per heavy atom. The van der Waals surface area contributed by atoms with Crippen LogP contribution in [-0.4, -0.2) is 28.1 Å². The number of rotatable bonds is 5. The van der Waals surface area contributed by atoms with Crippen molar-refractivity contribution in [2.24, 2.45) is 5.73 Å². The molecule has 3 rings (SSSR count). The lowest BCUT2D eigenvalue weighted by Gasteiger charge is -2.35. The lowest BCUT2D eigenvalue weighted by Crippen LogP contribution is -2.44. The number of nitrogens with zero attached hydrogens (tertiary/aromatic N) is 1. The first-order chi connectivity index (χ1) is 13.8. The number of nitrogens with one attached hydrogen (secondary N) is 2. The van der Waals surface area contributed by atoms with Gasteiger partial charge in [-0.15, -0.1) is 0 Å². The van der Waals surface area contributed by atoms with Crippen LogP contribution in [0.3, 0.4) is 0 Å². The molecule has 0 bridgehead atoms. The van der Waals surface area contributed by atoms with E-state index in [0.29, 0.717) is 30.7 Å². The molecule has 0 radical (unpaired) electrons. The zero-order valence-electron chi connectivity index (χ0n) is 15.2. The summed E-state index contributed by atoms with van der Waals surface area (Å²) in [6.45, 7) is 0. The summed E-state index contributed by atoms with van der Waals surface area (Å²) >= 11 is 0. The summed E-state index contributed by atoms with van der Waals surface area (Å²) in [6, 6.07) is 2.29. The second-order valence-electron chi connectivity index (χ2n) is 7.10. The maximum absolute atomic E-state index is 12.9. The lowest BCUT2D eigenvalue weighted by atomic mass is 9.78. The molecule has 1 fully saturated rings. The Morgan fingerprint density at radius 3 is 2.07 bits per heavy atom. The molecule has 2 amide bonds. The second-order valence-corrected chi connectivity index (χ2v) is 7.10. The van der Waals surface area contributed by atoms with Gasteiger partial charge < -0.3 is 11.1 Å². The molecular formula is C18H16F6N4O2. The Hall–Kier alpha value is -3.05.